The molecule has 0 saturated heterocycles. The second-order valence-electron chi connectivity index (χ2n) is 5.54. The van der Waals surface area contributed by atoms with Gasteiger partial charge in [-0.2, -0.15) is 0 Å². The van der Waals surface area contributed by atoms with Crippen LogP contribution in [0.3, 0.4) is 0 Å². The number of hydrogen-bond donors (Lipinski definition) is 1. The molecule has 0 radical (unpaired) electrons. The molecule has 0 aromatic heterocycles. The molecule has 0 fully saturated rings. The van der Waals surface area contributed by atoms with E-state index in [0.29, 0.717) is 5.91 Å². The third kappa shape index (κ3) is 12.2. The maximum absolute atomic E-state index is 11.8. The van der Waals surface area contributed by atoms with Gasteiger partial charge in [-0.25, -0.2) is 0 Å². The second-order valence-corrected chi connectivity index (χ2v) is 5.54. The fourth-order valence-corrected chi connectivity index (χ4v) is 2.22. The minimum absolute atomic E-state index is 0.307. The van der Waals surface area contributed by atoms with Gasteiger partial charge in [-0.15, -0.1) is 0 Å². The lowest BCUT2D eigenvalue weighted by Gasteiger charge is -2.16. The Morgan fingerprint density at radius 1 is 0.895 bits per heavy atom. The van der Waals surface area contributed by atoms with Gasteiger partial charge in [0.2, 0.25) is 5.91 Å². The minimum Gasteiger partial charge on any atom is -0.346 e. The van der Waals surface area contributed by atoms with Crippen molar-refractivity contribution < 1.29 is 4.79 Å². The van der Waals surface area contributed by atoms with Crippen molar-refractivity contribution in [3.8, 4) is 0 Å². The van der Waals surface area contributed by atoms with Crippen molar-refractivity contribution in [2.45, 2.75) is 77.6 Å². The Morgan fingerprint density at radius 3 is 2.11 bits per heavy atom. The Hall–Kier alpha value is -0.570. The zero-order chi connectivity index (χ0) is 14.3. The van der Waals surface area contributed by atoms with Crippen LogP contribution >= 0.6 is 0 Å². The molecule has 0 aromatic rings. The molecule has 2 N–H and O–H groups in total. The van der Waals surface area contributed by atoms with Crippen LogP contribution in [-0.4, -0.2) is 30.9 Å². The molecular formula is C16H34N2O. The van der Waals surface area contributed by atoms with Crippen LogP contribution in [0.4, 0.5) is 0 Å². The number of nitrogens with zero attached hydrogens (tertiary/aromatic N) is 1. The molecule has 0 atom stereocenters. The highest BCUT2D eigenvalue weighted by molar-refractivity contribution is 5.75. The van der Waals surface area contributed by atoms with Gasteiger partial charge in [-0.3, -0.25) is 4.79 Å². The lowest BCUT2D eigenvalue weighted by molar-refractivity contribution is -0.130. The van der Waals surface area contributed by atoms with Gasteiger partial charge in [-0.1, -0.05) is 51.9 Å². The van der Waals surface area contributed by atoms with E-state index in [1.807, 2.05) is 11.9 Å². The molecular weight excluding hydrogens is 236 g/mol. The van der Waals surface area contributed by atoms with E-state index < -0.39 is 0 Å². The van der Waals surface area contributed by atoms with E-state index in [-0.39, 0.29) is 0 Å². The third-order valence-corrected chi connectivity index (χ3v) is 3.62. The van der Waals surface area contributed by atoms with Crippen molar-refractivity contribution in [2.24, 2.45) is 5.73 Å². The summed E-state index contributed by atoms with van der Waals surface area (Å²) in [4.78, 5) is 13.7. The van der Waals surface area contributed by atoms with E-state index in [4.69, 9.17) is 5.73 Å². The summed E-state index contributed by atoms with van der Waals surface area (Å²) < 4.78 is 0. The quantitative estimate of drug-likeness (QED) is 0.519. The van der Waals surface area contributed by atoms with E-state index in [9.17, 15) is 4.79 Å². The molecule has 0 aliphatic carbocycles. The first-order valence-corrected chi connectivity index (χ1v) is 8.16. The molecule has 0 unspecified atom stereocenters. The predicted octanol–water partition coefficient (Wildman–Crippen LogP) is 3.71. The molecule has 1 amide bonds. The largest absolute Gasteiger partial charge is 0.346 e. The first-order valence-electron chi connectivity index (χ1n) is 8.16. The third-order valence-electron chi connectivity index (χ3n) is 3.62. The SMILES string of the molecule is CCCCCCCCCC(=O)N(C)CCCCCN. The smallest absolute Gasteiger partial charge is 0.222 e. The molecule has 0 heterocycles. The molecule has 0 spiro atoms. The Balaban J connectivity index is 3.36. The Bertz CT molecular complexity index is 207. The zero-order valence-electron chi connectivity index (χ0n) is 13.1. The Morgan fingerprint density at radius 2 is 1.47 bits per heavy atom. The van der Waals surface area contributed by atoms with Crippen LogP contribution in [0.2, 0.25) is 0 Å². The van der Waals surface area contributed by atoms with Crippen molar-refractivity contribution in [2.75, 3.05) is 20.1 Å². The molecule has 3 heteroatoms. The molecule has 0 rings (SSSR count). The summed E-state index contributed by atoms with van der Waals surface area (Å²) in [5.41, 5.74) is 5.45. The average Bonchev–Trinajstić information content (AvgIpc) is 2.42. The number of unbranched alkanes of at least 4 members (excludes halogenated alkanes) is 8. The van der Waals surface area contributed by atoms with E-state index >= 15 is 0 Å². The summed E-state index contributed by atoms with van der Waals surface area (Å²) in [5.74, 6) is 0.307. The minimum atomic E-state index is 0.307. The monoisotopic (exact) mass is 270 g/mol. The van der Waals surface area contributed by atoms with Crippen LogP contribution in [-0.2, 0) is 4.79 Å². The van der Waals surface area contributed by atoms with Gasteiger partial charge in [0.15, 0.2) is 0 Å². The van der Waals surface area contributed by atoms with Gasteiger partial charge in [0.1, 0.15) is 0 Å². The first-order chi connectivity index (χ1) is 9.22. The summed E-state index contributed by atoms with van der Waals surface area (Å²) in [6, 6.07) is 0. The van der Waals surface area contributed by atoms with Crippen LogP contribution in [0, 0.1) is 0 Å². The highest BCUT2D eigenvalue weighted by Crippen LogP contribution is 2.09. The molecule has 114 valence electrons. The van der Waals surface area contributed by atoms with Crippen LogP contribution in [0.5, 0.6) is 0 Å². The van der Waals surface area contributed by atoms with Gasteiger partial charge in [-0.05, 0) is 25.8 Å². The zero-order valence-corrected chi connectivity index (χ0v) is 13.1. The normalized spacial score (nSPS) is 10.7. The molecule has 0 bridgehead atoms. The average molecular weight is 270 g/mol. The van der Waals surface area contributed by atoms with Crippen molar-refractivity contribution >= 4 is 5.91 Å². The van der Waals surface area contributed by atoms with Gasteiger partial charge < -0.3 is 10.6 Å². The molecule has 0 saturated carbocycles. The number of carbonyl (C=O) groups is 1. The highest BCUT2D eigenvalue weighted by atomic mass is 16.2. The molecule has 0 aromatic carbocycles. The predicted molar refractivity (Wildman–Crippen MR) is 83.2 cm³/mol. The molecule has 19 heavy (non-hydrogen) atoms. The topological polar surface area (TPSA) is 46.3 Å². The lowest BCUT2D eigenvalue weighted by atomic mass is 10.1. The van der Waals surface area contributed by atoms with Crippen LogP contribution in [0.15, 0.2) is 0 Å². The maximum Gasteiger partial charge on any atom is 0.222 e. The van der Waals surface area contributed by atoms with Crippen LogP contribution < -0.4 is 5.73 Å². The van der Waals surface area contributed by atoms with E-state index in [1.54, 1.807) is 0 Å². The van der Waals surface area contributed by atoms with Gasteiger partial charge in [0.25, 0.3) is 0 Å². The molecule has 3 nitrogen and oxygen atoms in total. The van der Waals surface area contributed by atoms with Crippen molar-refractivity contribution in [1.29, 1.82) is 0 Å². The first kappa shape index (κ1) is 18.4. The van der Waals surface area contributed by atoms with E-state index in [2.05, 4.69) is 6.92 Å². The summed E-state index contributed by atoms with van der Waals surface area (Å²) >= 11 is 0. The number of hydrogen-bond acceptors (Lipinski definition) is 2. The van der Waals surface area contributed by atoms with Crippen LogP contribution in [0.25, 0.3) is 0 Å². The summed E-state index contributed by atoms with van der Waals surface area (Å²) in [6.07, 6.45) is 12.9. The second kappa shape index (κ2) is 13.9. The standard InChI is InChI=1S/C16H34N2O/c1-3-4-5-6-7-8-10-13-16(19)18(2)15-12-9-11-14-17/h3-15,17H2,1-2H3. The molecule has 0 aliphatic rings. The number of nitrogens with two attached hydrogens (primary N) is 1. The fraction of sp³-hybridized carbons (Fsp3) is 0.938. The van der Waals surface area contributed by atoms with E-state index in [0.717, 1.165) is 45.2 Å². The maximum atomic E-state index is 11.8. The van der Waals surface area contributed by atoms with E-state index in [1.165, 1.54) is 38.5 Å². The van der Waals surface area contributed by atoms with Gasteiger partial charge in [0, 0.05) is 20.0 Å². The van der Waals surface area contributed by atoms with Crippen molar-refractivity contribution in [3.05, 3.63) is 0 Å². The number of rotatable bonds is 13. The Labute approximate surface area is 119 Å². The van der Waals surface area contributed by atoms with Crippen molar-refractivity contribution in [1.82, 2.24) is 4.90 Å². The van der Waals surface area contributed by atoms with Crippen molar-refractivity contribution in [3.63, 3.8) is 0 Å². The summed E-state index contributed by atoms with van der Waals surface area (Å²) in [6.45, 7) is 3.88. The summed E-state index contributed by atoms with van der Waals surface area (Å²) in [7, 11) is 1.92. The molecule has 0 aliphatic heterocycles. The fourth-order valence-electron chi connectivity index (χ4n) is 2.22. The number of amides is 1. The van der Waals surface area contributed by atoms with Gasteiger partial charge in [0.05, 0.1) is 0 Å². The number of carbonyl (C=O) groups excluding carboxylic acids is 1. The lowest BCUT2D eigenvalue weighted by Crippen LogP contribution is -2.27. The van der Waals surface area contributed by atoms with Crippen LogP contribution in [0.1, 0.15) is 77.6 Å². The Kier molecular flexibility index (Phi) is 13.4. The summed E-state index contributed by atoms with van der Waals surface area (Å²) in [5, 5.41) is 0. The van der Waals surface area contributed by atoms with Gasteiger partial charge >= 0.3 is 0 Å². The highest BCUT2D eigenvalue weighted by Gasteiger charge is 2.07.